The molecule has 3 aromatic rings. The Morgan fingerprint density at radius 2 is 1.85 bits per heavy atom. The minimum atomic E-state index is -0.219. The van der Waals surface area contributed by atoms with Crippen LogP contribution in [-0.4, -0.2) is 22.0 Å². The molecule has 1 aliphatic carbocycles. The van der Waals surface area contributed by atoms with Crippen molar-refractivity contribution >= 4 is 16.9 Å². The summed E-state index contributed by atoms with van der Waals surface area (Å²) in [4.78, 5) is 16.8. The lowest BCUT2D eigenvalue weighted by Crippen LogP contribution is -2.39. The molecule has 0 radical (unpaired) electrons. The van der Waals surface area contributed by atoms with Crippen molar-refractivity contribution in [3.8, 4) is 0 Å². The zero-order valence-electron chi connectivity index (χ0n) is 15.3. The van der Waals surface area contributed by atoms with E-state index in [1.165, 1.54) is 12.1 Å². The Hall–Kier alpha value is -2.69. The second-order valence-corrected chi connectivity index (χ2v) is 7.45. The molecule has 1 aromatic heterocycles. The van der Waals surface area contributed by atoms with Crippen LogP contribution in [0.5, 0.6) is 0 Å². The van der Waals surface area contributed by atoms with Gasteiger partial charge in [-0.15, -0.1) is 0 Å². The molecule has 1 amide bonds. The van der Waals surface area contributed by atoms with Gasteiger partial charge < -0.3 is 9.88 Å². The van der Waals surface area contributed by atoms with Crippen molar-refractivity contribution in [1.29, 1.82) is 0 Å². The van der Waals surface area contributed by atoms with Crippen LogP contribution in [0.1, 0.15) is 37.7 Å². The lowest BCUT2D eigenvalue weighted by Gasteiger charge is -2.30. The largest absolute Gasteiger partial charge is 0.355 e. The topological polar surface area (TPSA) is 46.9 Å². The van der Waals surface area contributed by atoms with Gasteiger partial charge in [-0.3, -0.25) is 4.79 Å². The van der Waals surface area contributed by atoms with Crippen LogP contribution in [0.2, 0.25) is 0 Å². The molecule has 1 aliphatic rings. The summed E-state index contributed by atoms with van der Waals surface area (Å²) in [5.41, 5.74) is 3.05. The highest BCUT2D eigenvalue weighted by molar-refractivity contribution is 5.77. The highest BCUT2D eigenvalue weighted by atomic mass is 19.1. The maximum absolute atomic E-state index is 13.3. The summed E-state index contributed by atoms with van der Waals surface area (Å²) in [6.07, 6.45) is 6.56. The third-order valence-corrected chi connectivity index (χ3v) is 5.75. The van der Waals surface area contributed by atoms with E-state index in [-0.39, 0.29) is 17.1 Å². The Balaban J connectivity index is 1.38. The van der Waals surface area contributed by atoms with Gasteiger partial charge in [0, 0.05) is 24.9 Å². The number of hydrogen-bond acceptors (Lipinski definition) is 2. The molecular weight excluding hydrogens is 341 g/mol. The van der Waals surface area contributed by atoms with E-state index >= 15 is 0 Å². The summed E-state index contributed by atoms with van der Waals surface area (Å²) in [5, 5.41) is 3.12. The number of halogens is 1. The van der Waals surface area contributed by atoms with Gasteiger partial charge in [-0.2, -0.15) is 0 Å². The number of benzene rings is 2. The normalized spacial score (nSPS) is 15.9. The summed E-state index contributed by atoms with van der Waals surface area (Å²) in [6.45, 7) is 1.22. The maximum atomic E-state index is 13.3. The van der Waals surface area contributed by atoms with Crippen LogP contribution in [0.4, 0.5) is 4.39 Å². The van der Waals surface area contributed by atoms with Crippen LogP contribution in [-0.2, 0) is 16.8 Å². The first-order valence-electron chi connectivity index (χ1n) is 9.59. The average molecular weight is 365 g/mol. The molecule has 1 N–H and O–H groups in total. The molecule has 1 heterocycles. The highest BCUT2D eigenvalue weighted by Crippen LogP contribution is 2.40. The van der Waals surface area contributed by atoms with Gasteiger partial charge in [0.2, 0.25) is 5.91 Å². The number of nitrogens with zero attached hydrogens (tertiary/aromatic N) is 2. The number of para-hydroxylation sites is 2. The van der Waals surface area contributed by atoms with Crippen LogP contribution >= 0.6 is 0 Å². The molecular formula is C22H24FN3O. The van der Waals surface area contributed by atoms with Crippen molar-refractivity contribution in [2.75, 3.05) is 6.54 Å². The molecule has 1 saturated carbocycles. The molecule has 4 rings (SSSR count). The number of carbonyl (C=O) groups is 1. The number of nitrogens with one attached hydrogen (secondary N) is 1. The summed E-state index contributed by atoms with van der Waals surface area (Å²) in [5.74, 6) is -0.176. The molecule has 140 valence electrons. The second-order valence-electron chi connectivity index (χ2n) is 7.45. The van der Waals surface area contributed by atoms with E-state index in [1.54, 1.807) is 6.33 Å². The summed E-state index contributed by atoms with van der Waals surface area (Å²) >= 11 is 0. The minimum Gasteiger partial charge on any atom is -0.355 e. The van der Waals surface area contributed by atoms with E-state index in [4.69, 9.17) is 0 Å². The number of hydrogen-bond donors (Lipinski definition) is 1. The third kappa shape index (κ3) is 3.72. The van der Waals surface area contributed by atoms with E-state index in [0.29, 0.717) is 19.5 Å². The van der Waals surface area contributed by atoms with Crippen molar-refractivity contribution in [1.82, 2.24) is 14.9 Å². The lowest BCUT2D eigenvalue weighted by molar-refractivity contribution is -0.121. The SMILES string of the molecule is O=C(CCn1cnc2ccccc21)NCC1(c2ccc(F)cc2)CCCC1. The fourth-order valence-corrected chi connectivity index (χ4v) is 4.19. The van der Waals surface area contributed by atoms with Crippen LogP contribution in [0.3, 0.4) is 0 Å². The first-order chi connectivity index (χ1) is 13.2. The smallest absolute Gasteiger partial charge is 0.221 e. The third-order valence-electron chi connectivity index (χ3n) is 5.75. The fraction of sp³-hybridized carbons (Fsp3) is 0.364. The Bertz CT molecular complexity index is 926. The van der Waals surface area contributed by atoms with Crippen LogP contribution in [0, 0.1) is 5.82 Å². The number of amides is 1. The molecule has 0 atom stereocenters. The molecule has 0 bridgehead atoms. The number of carbonyl (C=O) groups excluding carboxylic acids is 1. The zero-order chi connectivity index (χ0) is 18.7. The van der Waals surface area contributed by atoms with Gasteiger partial charge in [0.15, 0.2) is 0 Å². The van der Waals surface area contributed by atoms with Crippen molar-refractivity contribution in [3.63, 3.8) is 0 Å². The summed E-state index contributed by atoms with van der Waals surface area (Å²) in [6, 6.07) is 14.7. The van der Waals surface area contributed by atoms with Gasteiger partial charge in [-0.05, 0) is 42.7 Å². The lowest BCUT2D eigenvalue weighted by atomic mass is 9.79. The number of aryl methyl sites for hydroxylation is 1. The van der Waals surface area contributed by atoms with Gasteiger partial charge in [-0.25, -0.2) is 9.37 Å². The number of rotatable bonds is 6. The van der Waals surface area contributed by atoms with Crippen LogP contribution in [0.15, 0.2) is 54.9 Å². The summed E-state index contributed by atoms with van der Waals surface area (Å²) in [7, 11) is 0. The van der Waals surface area contributed by atoms with Crippen molar-refractivity contribution in [3.05, 3.63) is 66.2 Å². The molecule has 5 heteroatoms. The van der Waals surface area contributed by atoms with E-state index in [9.17, 15) is 9.18 Å². The van der Waals surface area contributed by atoms with Crippen molar-refractivity contribution in [2.45, 2.75) is 44.1 Å². The molecule has 0 unspecified atom stereocenters. The molecule has 0 aliphatic heterocycles. The maximum Gasteiger partial charge on any atom is 0.221 e. The Kier molecular flexibility index (Phi) is 4.92. The van der Waals surface area contributed by atoms with Crippen molar-refractivity contribution in [2.24, 2.45) is 0 Å². The predicted molar refractivity (Wildman–Crippen MR) is 104 cm³/mol. The van der Waals surface area contributed by atoms with E-state index in [0.717, 1.165) is 42.3 Å². The number of aromatic nitrogens is 2. The van der Waals surface area contributed by atoms with Gasteiger partial charge in [0.1, 0.15) is 5.82 Å². The minimum absolute atomic E-state index is 0.0427. The predicted octanol–water partition coefficient (Wildman–Crippen LogP) is 4.19. The molecule has 27 heavy (non-hydrogen) atoms. The fourth-order valence-electron chi connectivity index (χ4n) is 4.19. The highest BCUT2D eigenvalue weighted by Gasteiger charge is 2.35. The molecule has 2 aromatic carbocycles. The second kappa shape index (κ2) is 7.51. The summed E-state index contributed by atoms with van der Waals surface area (Å²) < 4.78 is 15.3. The van der Waals surface area contributed by atoms with Crippen LogP contribution < -0.4 is 5.32 Å². The Labute approximate surface area is 158 Å². The van der Waals surface area contributed by atoms with Gasteiger partial charge in [0.05, 0.1) is 17.4 Å². The van der Waals surface area contributed by atoms with Crippen LogP contribution in [0.25, 0.3) is 11.0 Å². The number of imidazole rings is 1. The molecule has 0 spiro atoms. The molecule has 0 saturated heterocycles. The Morgan fingerprint density at radius 1 is 1.11 bits per heavy atom. The van der Waals surface area contributed by atoms with Gasteiger partial charge in [-0.1, -0.05) is 37.1 Å². The Morgan fingerprint density at radius 3 is 2.63 bits per heavy atom. The zero-order valence-corrected chi connectivity index (χ0v) is 15.3. The quantitative estimate of drug-likeness (QED) is 0.712. The average Bonchev–Trinajstić information content (AvgIpc) is 3.33. The monoisotopic (exact) mass is 365 g/mol. The van der Waals surface area contributed by atoms with E-state index in [2.05, 4.69) is 10.3 Å². The molecule has 4 nitrogen and oxygen atoms in total. The number of fused-ring (bicyclic) bond motifs is 1. The van der Waals surface area contributed by atoms with E-state index < -0.39 is 0 Å². The van der Waals surface area contributed by atoms with Gasteiger partial charge >= 0.3 is 0 Å². The first kappa shape index (κ1) is 17.7. The van der Waals surface area contributed by atoms with E-state index in [1.807, 2.05) is 41.0 Å². The standard InChI is InChI=1S/C22H24FN3O/c23-18-9-7-17(8-10-18)22(12-3-4-13-22)15-24-21(27)11-14-26-16-25-19-5-1-2-6-20(19)26/h1-2,5-10,16H,3-4,11-15H2,(H,24,27). The van der Waals surface area contributed by atoms with Gasteiger partial charge in [0.25, 0.3) is 0 Å². The van der Waals surface area contributed by atoms with Crippen molar-refractivity contribution < 1.29 is 9.18 Å². The molecule has 1 fully saturated rings. The first-order valence-corrected chi connectivity index (χ1v) is 9.59.